The molecule has 0 spiro atoms. The molecule has 1 N–H and O–H groups in total. The molecule has 3 rings (SSSR count). The van der Waals surface area contributed by atoms with Crippen molar-refractivity contribution in [2.45, 2.75) is 26.4 Å². The first kappa shape index (κ1) is 13.5. The molecule has 0 aliphatic rings. The number of hydrogen-bond acceptors (Lipinski definition) is 2. The molecule has 2 heterocycles. The normalized spacial score (nSPS) is 10.7. The maximum absolute atomic E-state index is 4.26. The van der Waals surface area contributed by atoms with E-state index in [9.17, 15) is 0 Å². The van der Waals surface area contributed by atoms with Gasteiger partial charge in [0.05, 0.1) is 5.69 Å². The number of anilines is 1. The lowest BCUT2D eigenvalue weighted by Crippen LogP contribution is -2.00. The molecule has 3 aromatic rings. The van der Waals surface area contributed by atoms with Crippen LogP contribution >= 0.6 is 0 Å². The van der Waals surface area contributed by atoms with Crippen molar-refractivity contribution >= 4 is 5.69 Å². The van der Waals surface area contributed by atoms with Crippen LogP contribution in [0.2, 0.25) is 0 Å². The third-order valence-electron chi connectivity index (χ3n) is 3.41. The number of nitrogens with one attached hydrogen (secondary N) is 1. The molecule has 0 amide bonds. The Kier molecular flexibility index (Phi) is 4.05. The molecule has 21 heavy (non-hydrogen) atoms. The fraction of sp³-hybridized carbons (Fsp3) is 0.235. The highest BCUT2D eigenvalue weighted by Crippen LogP contribution is 2.15. The summed E-state index contributed by atoms with van der Waals surface area (Å²) in [6, 6.07) is 12.4. The van der Waals surface area contributed by atoms with Crippen LogP contribution in [0.25, 0.3) is 5.69 Å². The summed E-state index contributed by atoms with van der Waals surface area (Å²) in [6.07, 6.45) is 9.24. The molecule has 0 aliphatic carbocycles. The van der Waals surface area contributed by atoms with E-state index in [1.165, 1.54) is 5.56 Å². The first-order valence-electron chi connectivity index (χ1n) is 7.34. The third-order valence-corrected chi connectivity index (χ3v) is 3.41. The Bertz CT molecular complexity index is 682. The Hall–Kier alpha value is -2.49. The topological polar surface area (TPSA) is 34.8 Å². The van der Waals surface area contributed by atoms with Crippen LogP contribution in [0.4, 0.5) is 5.69 Å². The van der Waals surface area contributed by atoms with E-state index in [-0.39, 0.29) is 0 Å². The molecule has 1 aromatic carbocycles. The molecule has 0 bridgehead atoms. The highest BCUT2D eigenvalue weighted by atomic mass is 15.3. The number of benzene rings is 1. The van der Waals surface area contributed by atoms with E-state index in [1.54, 1.807) is 6.20 Å². The summed E-state index contributed by atoms with van der Waals surface area (Å²) in [4.78, 5) is 0. The van der Waals surface area contributed by atoms with Crippen molar-refractivity contribution in [1.29, 1.82) is 0 Å². The number of aromatic nitrogens is 3. The first-order valence-corrected chi connectivity index (χ1v) is 7.34. The maximum Gasteiger partial charge on any atom is 0.0666 e. The minimum Gasteiger partial charge on any atom is -0.381 e. The molecule has 0 atom stereocenters. The van der Waals surface area contributed by atoms with Gasteiger partial charge in [0.1, 0.15) is 0 Å². The van der Waals surface area contributed by atoms with Crippen LogP contribution in [0.15, 0.2) is 61.2 Å². The SMILES string of the molecule is CCCn1ccc(CNc2cccc(-n3cccn3)c2)c1. The Labute approximate surface area is 125 Å². The largest absolute Gasteiger partial charge is 0.381 e. The van der Waals surface area contributed by atoms with E-state index in [0.717, 1.165) is 30.9 Å². The average Bonchev–Trinajstić information content (AvgIpc) is 3.18. The predicted octanol–water partition coefficient (Wildman–Crippen LogP) is 3.70. The summed E-state index contributed by atoms with van der Waals surface area (Å²) in [6.45, 7) is 4.10. The van der Waals surface area contributed by atoms with Crippen LogP contribution in [0.1, 0.15) is 18.9 Å². The smallest absolute Gasteiger partial charge is 0.0666 e. The predicted molar refractivity (Wildman–Crippen MR) is 85.6 cm³/mol. The second-order valence-electron chi connectivity index (χ2n) is 5.11. The fourth-order valence-corrected chi connectivity index (χ4v) is 2.38. The second kappa shape index (κ2) is 6.31. The van der Waals surface area contributed by atoms with Gasteiger partial charge in [-0.3, -0.25) is 0 Å². The summed E-state index contributed by atoms with van der Waals surface area (Å²) >= 11 is 0. The van der Waals surface area contributed by atoms with Gasteiger partial charge in [0.25, 0.3) is 0 Å². The van der Waals surface area contributed by atoms with Gasteiger partial charge in [-0.25, -0.2) is 4.68 Å². The summed E-state index contributed by atoms with van der Waals surface area (Å²) in [5, 5.41) is 7.72. The maximum atomic E-state index is 4.26. The van der Waals surface area contributed by atoms with Gasteiger partial charge in [-0.1, -0.05) is 13.0 Å². The van der Waals surface area contributed by atoms with Crippen molar-refractivity contribution in [1.82, 2.24) is 14.3 Å². The number of rotatable bonds is 6. The lowest BCUT2D eigenvalue weighted by Gasteiger charge is -2.08. The average molecular weight is 280 g/mol. The lowest BCUT2D eigenvalue weighted by molar-refractivity contribution is 0.682. The van der Waals surface area contributed by atoms with Gasteiger partial charge in [0.2, 0.25) is 0 Å². The molecule has 0 fully saturated rings. The molecule has 4 heteroatoms. The number of nitrogens with zero attached hydrogens (tertiary/aromatic N) is 3. The Balaban J connectivity index is 1.66. The van der Waals surface area contributed by atoms with Crippen LogP contribution in [0.3, 0.4) is 0 Å². The van der Waals surface area contributed by atoms with Gasteiger partial charge in [-0.05, 0) is 42.3 Å². The van der Waals surface area contributed by atoms with Gasteiger partial charge in [0, 0.05) is 43.6 Å². The Morgan fingerprint density at radius 2 is 2.10 bits per heavy atom. The summed E-state index contributed by atoms with van der Waals surface area (Å²) in [5.41, 5.74) is 3.47. The van der Waals surface area contributed by atoms with E-state index in [4.69, 9.17) is 0 Å². The standard InChI is InChI=1S/C17H20N4/c1-2-9-20-11-7-15(14-20)13-18-16-5-3-6-17(12-16)21-10-4-8-19-21/h3-8,10-12,14,18H,2,9,13H2,1H3. The summed E-state index contributed by atoms with van der Waals surface area (Å²) in [7, 11) is 0. The zero-order valence-electron chi connectivity index (χ0n) is 12.2. The van der Waals surface area contributed by atoms with Crippen molar-refractivity contribution in [3.05, 3.63) is 66.7 Å². The van der Waals surface area contributed by atoms with E-state index in [0.29, 0.717) is 0 Å². The Morgan fingerprint density at radius 1 is 1.14 bits per heavy atom. The second-order valence-corrected chi connectivity index (χ2v) is 5.11. The van der Waals surface area contributed by atoms with Crippen molar-refractivity contribution in [3.63, 3.8) is 0 Å². The van der Waals surface area contributed by atoms with E-state index in [2.05, 4.69) is 58.6 Å². The lowest BCUT2D eigenvalue weighted by atomic mass is 10.2. The molecule has 0 radical (unpaired) electrons. The van der Waals surface area contributed by atoms with Crippen LogP contribution < -0.4 is 5.32 Å². The first-order chi connectivity index (χ1) is 10.3. The van der Waals surface area contributed by atoms with Crippen molar-refractivity contribution in [3.8, 4) is 5.69 Å². The van der Waals surface area contributed by atoms with Gasteiger partial charge in [-0.2, -0.15) is 5.10 Å². The minimum absolute atomic E-state index is 0.833. The zero-order chi connectivity index (χ0) is 14.5. The zero-order valence-corrected chi connectivity index (χ0v) is 12.2. The monoisotopic (exact) mass is 280 g/mol. The van der Waals surface area contributed by atoms with E-state index >= 15 is 0 Å². The highest BCUT2D eigenvalue weighted by Gasteiger charge is 2.00. The van der Waals surface area contributed by atoms with Crippen LogP contribution in [-0.2, 0) is 13.1 Å². The molecule has 0 unspecified atom stereocenters. The fourth-order valence-electron chi connectivity index (χ4n) is 2.38. The van der Waals surface area contributed by atoms with E-state index in [1.807, 2.05) is 23.0 Å². The summed E-state index contributed by atoms with van der Waals surface area (Å²) < 4.78 is 4.10. The number of aryl methyl sites for hydroxylation is 1. The van der Waals surface area contributed by atoms with Crippen molar-refractivity contribution < 1.29 is 0 Å². The highest BCUT2D eigenvalue weighted by molar-refractivity contribution is 5.51. The third kappa shape index (κ3) is 3.34. The van der Waals surface area contributed by atoms with Gasteiger partial charge in [0.15, 0.2) is 0 Å². The summed E-state index contributed by atoms with van der Waals surface area (Å²) in [5.74, 6) is 0. The molecule has 108 valence electrons. The molecule has 4 nitrogen and oxygen atoms in total. The number of hydrogen-bond donors (Lipinski definition) is 1. The van der Waals surface area contributed by atoms with Crippen LogP contribution in [-0.4, -0.2) is 14.3 Å². The molecule has 0 aliphatic heterocycles. The van der Waals surface area contributed by atoms with E-state index < -0.39 is 0 Å². The van der Waals surface area contributed by atoms with Crippen LogP contribution in [0.5, 0.6) is 0 Å². The quantitative estimate of drug-likeness (QED) is 0.747. The van der Waals surface area contributed by atoms with Crippen LogP contribution in [0, 0.1) is 0 Å². The molecular weight excluding hydrogens is 260 g/mol. The molecule has 0 saturated carbocycles. The molecule has 0 saturated heterocycles. The molecular formula is C17H20N4. The van der Waals surface area contributed by atoms with Gasteiger partial charge in [-0.15, -0.1) is 0 Å². The van der Waals surface area contributed by atoms with Crippen molar-refractivity contribution in [2.24, 2.45) is 0 Å². The van der Waals surface area contributed by atoms with Gasteiger partial charge >= 0.3 is 0 Å². The van der Waals surface area contributed by atoms with Crippen molar-refractivity contribution in [2.75, 3.05) is 5.32 Å². The molecule has 2 aromatic heterocycles. The van der Waals surface area contributed by atoms with Gasteiger partial charge < -0.3 is 9.88 Å². The minimum atomic E-state index is 0.833. The Morgan fingerprint density at radius 3 is 2.90 bits per heavy atom.